The number of nitrogens with one attached hydrogen (secondary N) is 2. The third-order valence-corrected chi connectivity index (χ3v) is 10.1. The van der Waals surface area contributed by atoms with E-state index in [0.717, 1.165) is 95.1 Å². The molecule has 0 spiro atoms. The smallest absolute Gasteiger partial charge is 0.242 e. The van der Waals surface area contributed by atoms with Gasteiger partial charge >= 0.3 is 0 Å². The third kappa shape index (κ3) is 6.28. The minimum absolute atomic E-state index is 0.821. The van der Waals surface area contributed by atoms with Gasteiger partial charge in [0.25, 0.3) is 0 Å². The van der Waals surface area contributed by atoms with Gasteiger partial charge in [-0.1, -0.05) is 12.1 Å². The fourth-order valence-electron chi connectivity index (χ4n) is 7.02. The molecule has 9 heteroatoms. The van der Waals surface area contributed by atoms with Gasteiger partial charge in [0.15, 0.2) is 0 Å². The Kier molecular flexibility index (Phi) is 7.97. The lowest BCUT2D eigenvalue weighted by atomic mass is 10.0. The molecule has 8 bridgehead atoms. The highest BCUT2D eigenvalue weighted by atomic mass is 28.4. The number of hydrogen-bond acceptors (Lipinski definition) is 6. The van der Waals surface area contributed by atoms with Crippen molar-refractivity contribution in [2.24, 2.45) is 0 Å². The number of rotatable bonds is 6. The molecule has 8 nitrogen and oxygen atoms in total. The second kappa shape index (κ2) is 13.1. The Bertz CT molecular complexity index is 2570. The van der Waals surface area contributed by atoms with E-state index in [-0.39, 0.29) is 0 Å². The molecular weight excluding hydrogens is 671 g/mol. The van der Waals surface area contributed by atoms with Crippen LogP contribution in [0.25, 0.3) is 90.9 Å². The minimum atomic E-state index is -1.78. The highest BCUT2D eigenvalue weighted by Gasteiger charge is 2.20. The lowest BCUT2D eigenvalue weighted by Crippen LogP contribution is -2.29. The number of aromatic amines is 2. The fraction of sp³-hybridized carbons (Fsp3) is 0.0682. The third-order valence-electron chi connectivity index (χ3n) is 9.23. The van der Waals surface area contributed by atoms with Crippen molar-refractivity contribution in [1.29, 1.82) is 0 Å². The zero-order chi connectivity index (χ0) is 35.9. The molecule has 0 atom stereocenters. The van der Waals surface area contributed by atoms with E-state index >= 15 is 0 Å². The number of hydrogen-bond donors (Lipinski definition) is 2. The molecule has 0 amide bonds. The second-order valence-corrected chi connectivity index (χ2v) is 18.4. The summed E-state index contributed by atoms with van der Waals surface area (Å²) in [6.45, 7) is 6.58. The zero-order valence-electron chi connectivity index (χ0n) is 29.5. The first-order chi connectivity index (χ1) is 25.9. The van der Waals surface area contributed by atoms with E-state index in [2.05, 4.69) is 117 Å². The van der Waals surface area contributed by atoms with E-state index < -0.39 is 8.32 Å². The number of fused-ring (bicyclic) bond motifs is 8. The van der Waals surface area contributed by atoms with Crippen molar-refractivity contribution in [2.45, 2.75) is 19.6 Å². The monoisotopic (exact) mass is 705 g/mol. The van der Waals surface area contributed by atoms with Gasteiger partial charge < -0.3 is 14.4 Å². The Balaban J connectivity index is 1.42. The molecule has 9 rings (SSSR count). The van der Waals surface area contributed by atoms with Gasteiger partial charge in [-0.05, 0) is 139 Å². The van der Waals surface area contributed by atoms with Crippen LogP contribution in [0.2, 0.25) is 19.6 Å². The first-order valence-corrected chi connectivity index (χ1v) is 21.0. The predicted octanol–water partition coefficient (Wildman–Crippen LogP) is 10.7. The van der Waals surface area contributed by atoms with Crippen LogP contribution >= 0.6 is 0 Å². The van der Waals surface area contributed by atoms with Gasteiger partial charge in [0.2, 0.25) is 8.32 Å². The maximum atomic E-state index is 6.33. The number of nitrogens with zero attached hydrogens (tertiary/aromatic N) is 5. The largest absolute Gasteiger partial charge is 0.544 e. The number of aromatic nitrogens is 7. The van der Waals surface area contributed by atoms with Gasteiger partial charge in [-0.15, -0.1) is 0 Å². The van der Waals surface area contributed by atoms with E-state index in [0.29, 0.717) is 0 Å². The van der Waals surface area contributed by atoms with Gasteiger partial charge in [-0.3, -0.25) is 15.0 Å². The topological polar surface area (TPSA) is 105 Å². The summed E-state index contributed by atoms with van der Waals surface area (Å²) in [6, 6.07) is 29.1. The van der Waals surface area contributed by atoms with Crippen LogP contribution < -0.4 is 4.43 Å². The predicted molar refractivity (Wildman–Crippen MR) is 218 cm³/mol. The van der Waals surface area contributed by atoms with Crippen LogP contribution in [0.4, 0.5) is 0 Å². The van der Waals surface area contributed by atoms with Gasteiger partial charge in [0, 0.05) is 81.5 Å². The molecular formula is C44H35N7OSi. The molecule has 2 aliphatic rings. The molecule has 0 saturated heterocycles. The average Bonchev–Trinajstić information content (AvgIpc) is 4.01. The molecule has 53 heavy (non-hydrogen) atoms. The van der Waals surface area contributed by atoms with Gasteiger partial charge in [-0.25, -0.2) is 9.97 Å². The Hall–Kier alpha value is -6.71. The summed E-state index contributed by atoms with van der Waals surface area (Å²) < 4.78 is 6.33. The lowest BCUT2D eigenvalue weighted by molar-refractivity contribution is 0.558. The van der Waals surface area contributed by atoms with Crippen LogP contribution in [0.15, 0.2) is 122 Å². The van der Waals surface area contributed by atoms with Gasteiger partial charge in [0.05, 0.1) is 22.8 Å². The maximum absolute atomic E-state index is 6.33. The highest BCUT2D eigenvalue weighted by molar-refractivity contribution is 6.70. The summed E-state index contributed by atoms with van der Waals surface area (Å²) in [6.07, 6.45) is 19.2. The quantitative estimate of drug-likeness (QED) is 0.167. The summed E-state index contributed by atoms with van der Waals surface area (Å²) in [5, 5.41) is 0. The maximum Gasteiger partial charge on any atom is 0.242 e. The molecule has 0 radical (unpaired) electrons. The Morgan fingerprint density at radius 1 is 0.396 bits per heavy atom. The first kappa shape index (κ1) is 32.2. The van der Waals surface area contributed by atoms with Crippen molar-refractivity contribution in [1.82, 2.24) is 34.9 Å². The number of pyridine rings is 3. The molecule has 8 heterocycles. The summed E-state index contributed by atoms with van der Waals surface area (Å²) in [4.78, 5) is 31.2. The minimum Gasteiger partial charge on any atom is -0.544 e. The Labute approximate surface area is 307 Å². The zero-order valence-corrected chi connectivity index (χ0v) is 30.5. The molecule has 1 aromatic carbocycles. The fourth-order valence-corrected chi connectivity index (χ4v) is 7.86. The molecule has 0 unspecified atom stereocenters. The first-order valence-electron chi connectivity index (χ1n) is 17.5. The van der Waals surface area contributed by atoms with Crippen LogP contribution in [-0.4, -0.2) is 43.2 Å². The van der Waals surface area contributed by atoms with Crippen molar-refractivity contribution < 1.29 is 4.43 Å². The van der Waals surface area contributed by atoms with E-state index in [4.69, 9.17) is 14.4 Å². The molecule has 7 aromatic rings. The molecule has 256 valence electrons. The summed E-state index contributed by atoms with van der Waals surface area (Å²) in [7, 11) is -1.78. The molecule has 0 saturated carbocycles. The van der Waals surface area contributed by atoms with Crippen LogP contribution in [0.5, 0.6) is 5.75 Å². The standard InChI is InChI=1S/C44H35N7OSi/c1-53(2,3)52-32-6-4-28(5-7-32)41-33-8-10-35(48-33)42(29-16-22-45-23-17-29)37-12-14-39(50-37)44(31-20-26-47-27-21-31)40-15-13-38(51-40)43(30-18-24-46-25-19-30)36-11-9-34(41)49-36/h4-27,48-49H,1-3H3. The number of H-pyrrole nitrogens is 2. The van der Waals surface area contributed by atoms with E-state index in [1.807, 2.05) is 61.2 Å². The van der Waals surface area contributed by atoms with E-state index in [1.165, 1.54) is 0 Å². The van der Waals surface area contributed by atoms with Crippen LogP contribution in [0.3, 0.4) is 0 Å². The number of benzene rings is 1. The van der Waals surface area contributed by atoms with Crippen molar-refractivity contribution in [2.75, 3.05) is 0 Å². The molecule has 0 aliphatic carbocycles. The summed E-state index contributed by atoms with van der Waals surface area (Å²) in [5.41, 5.74) is 15.1. The highest BCUT2D eigenvalue weighted by Crippen LogP contribution is 2.38. The van der Waals surface area contributed by atoms with Crippen molar-refractivity contribution in [3.05, 3.63) is 145 Å². The molecule has 0 fully saturated rings. The van der Waals surface area contributed by atoms with Gasteiger partial charge in [-0.2, -0.15) is 0 Å². The normalized spacial score (nSPS) is 12.3. The molecule has 2 N–H and O–H groups in total. The molecule has 2 aliphatic heterocycles. The van der Waals surface area contributed by atoms with Crippen LogP contribution in [0, 0.1) is 0 Å². The summed E-state index contributed by atoms with van der Waals surface area (Å²) in [5.74, 6) is 0.877. The van der Waals surface area contributed by atoms with Gasteiger partial charge in [0.1, 0.15) is 5.75 Å². The van der Waals surface area contributed by atoms with Crippen molar-refractivity contribution >= 4 is 54.7 Å². The van der Waals surface area contributed by atoms with Crippen molar-refractivity contribution in [3.8, 4) is 50.3 Å². The SMILES string of the molecule is C[Si](C)(C)Oc1ccc(-c2c3ccc([nH]3)c(-c3ccncc3)c3nc(c(-c4ccncc4)c4nc(c(-c5ccncc5)c5ccc2[nH]5)C=C4)C=C3)cc1. The summed E-state index contributed by atoms with van der Waals surface area (Å²) >= 11 is 0. The Morgan fingerprint density at radius 2 is 0.736 bits per heavy atom. The van der Waals surface area contributed by atoms with Crippen LogP contribution in [-0.2, 0) is 0 Å². The molecule has 6 aromatic heterocycles. The average molecular weight is 706 g/mol. The van der Waals surface area contributed by atoms with E-state index in [9.17, 15) is 0 Å². The second-order valence-electron chi connectivity index (χ2n) is 13.9. The van der Waals surface area contributed by atoms with E-state index in [1.54, 1.807) is 12.4 Å². The van der Waals surface area contributed by atoms with Crippen molar-refractivity contribution in [3.63, 3.8) is 0 Å². The van der Waals surface area contributed by atoms with Crippen LogP contribution in [0.1, 0.15) is 22.8 Å². The lowest BCUT2D eigenvalue weighted by Gasteiger charge is -2.19. The Morgan fingerprint density at radius 3 is 1.13 bits per heavy atom.